The lowest BCUT2D eigenvalue weighted by molar-refractivity contribution is -0.117. The Labute approximate surface area is 146 Å². The molecule has 5 aliphatic carbocycles. The van der Waals surface area contributed by atoms with Crippen molar-refractivity contribution in [3.8, 4) is 0 Å². The van der Waals surface area contributed by atoms with E-state index in [1.54, 1.807) is 0 Å². The number of ketones is 1. The molecule has 5 rings (SSSR count). The van der Waals surface area contributed by atoms with Crippen molar-refractivity contribution in [2.75, 3.05) is 6.61 Å². The van der Waals surface area contributed by atoms with Crippen LogP contribution in [0.1, 0.15) is 59.3 Å². The zero-order valence-electron chi connectivity index (χ0n) is 15.4. The molecule has 9 atom stereocenters. The zero-order chi connectivity index (χ0) is 16.9. The SMILES string of the molecule is CC1C2CC23[C@@H]2C(C)CC4=CC(=O)CC[C@@H]4[C@H]2CC[C@]3(C)C1CO. The van der Waals surface area contributed by atoms with Gasteiger partial charge in [0.05, 0.1) is 0 Å². The van der Waals surface area contributed by atoms with E-state index in [9.17, 15) is 9.90 Å². The van der Waals surface area contributed by atoms with E-state index in [1.807, 2.05) is 6.08 Å². The van der Waals surface area contributed by atoms with Crippen LogP contribution in [0.4, 0.5) is 0 Å². The summed E-state index contributed by atoms with van der Waals surface area (Å²) in [7, 11) is 0. The summed E-state index contributed by atoms with van der Waals surface area (Å²) in [6.45, 7) is 7.78. The van der Waals surface area contributed by atoms with E-state index in [0.717, 1.165) is 37.0 Å². The number of rotatable bonds is 1. The van der Waals surface area contributed by atoms with Gasteiger partial charge in [-0.3, -0.25) is 4.79 Å². The molecule has 0 aromatic carbocycles. The highest BCUT2D eigenvalue weighted by Gasteiger charge is 2.79. The van der Waals surface area contributed by atoms with Crippen molar-refractivity contribution in [1.82, 2.24) is 0 Å². The number of aliphatic hydroxyl groups excluding tert-OH is 1. The lowest BCUT2D eigenvalue weighted by atomic mass is 9.46. The Hall–Kier alpha value is -0.630. The molecule has 0 bridgehead atoms. The molecule has 0 radical (unpaired) electrons. The van der Waals surface area contributed by atoms with Crippen LogP contribution in [-0.4, -0.2) is 17.5 Å². The van der Waals surface area contributed by atoms with Crippen molar-refractivity contribution in [2.45, 2.75) is 59.3 Å². The van der Waals surface area contributed by atoms with Gasteiger partial charge in [0.15, 0.2) is 5.78 Å². The van der Waals surface area contributed by atoms with E-state index in [-0.39, 0.29) is 0 Å². The number of hydrogen-bond donors (Lipinski definition) is 1. The predicted octanol–water partition coefficient (Wildman–Crippen LogP) is 4.23. The summed E-state index contributed by atoms with van der Waals surface area (Å²) < 4.78 is 0. The first-order valence-electron chi connectivity index (χ1n) is 10.3. The minimum atomic E-state index is 0.354. The molecular formula is C22H32O2. The molecule has 0 heterocycles. The van der Waals surface area contributed by atoms with Crippen LogP contribution in [0, 0.1) is 52.3 Å². The lowest BCUT2D eigenvalue weighted by Gasteiger charge is -2.58. The number of carbonyl (C=O) groups excluding carboxylic acids is 1. The van der Waals surface area contributed by atoms with Gasteiger partial charge in [0.25, 0.3) is 0 Å². The third kappa shape index (κ3) is 1.60. The fraction of sp³-hybridized carbons (Fsp3) is 0.864. The molecule has 0 aromatic rings. The highest BCUT2D eigenvalue weighted by molar-refractivity contribution is 5.91. The number of carbonyl (C=O) groups is 1. The second-order valence-corrected chi connectivity index (χ2v) is 10.2. The Morgan fingerprint density at radius 2 is 2.08 bits per heavy atom. The molecule has 2 heteroatoms. The first-order chi connectivity index (χ1) is 11.4. The van der Waals surface area contributed by atoms with E-state index in [0.29, 0.717) is 46.9 Å². The van der Waals surface area contributed by atoms with E-state index in [2.05, 4.69) is 20.8 Å². The smallest absolute Gasteiger partial charge is 0.155 e. The minimum Gasteiger partial charge on any atom is -0.396 e. The van der Waals surface area contributed by atoms with Gasteiger partial charge < -0.3 is 5.11 Å². The highest BCUT2D eigenvalue weighted by atomic mass is 16.3. The van der Waals surface area contributed by atoms with E-state index in [1.165, 1.54) is 24.8 Å². The predicted molar refractivity (Wildman–Crippen MR) is 94.2 cm³/mol. The van der Waals surface area contributed by atoms with Crippen molar-refractivity contribution < 1.29 is 9.90 Å². The van der Waals surface area contributed by atoms with Gasteiger partial charge in [0, 0.05) is 13.0 Å². The molecule has 5 aliphatic rings. The van der Waals surface area contributed by atoms with Gasteiger partial charge in [0.2, 0.25) is 0 Å². The largest absolute Gasteiger partial charge is 0.396 e. The third-order valence-electron chi connectivity index (χ3n) is 9.67. The topological polar surface area (TPSA) is 37.3 Å². The second-order valence-electron chi connectivity index (χ2n) is 10.2. The summed E-state index contributed by atoms with van der Waals surface area (Å²) in [5.41, 5.74) is 2.35. The monoisotopic (exact) mass is 328 g/mol. The maximum Gasteiger partial charge on any atom is 0.155 e. The number of aliphatic hydroxyl groups is 1. The maximum atomic E-state index is 11.9. The number of hydrogen-bond acceptors (Lipinski definition) is 2. The second kappa shape index (κ2) is 4.75. The standard InChI is InChI=1S/C22H32O2/c1-12-8-14-9-15(24)4-5-16(14)17-6-7-21(3)19(11-23)13(2)18-10-22(18,21)20(12)17/h9,12-13,16-20,23H,4-8,10-11H2,1-3H3/t12?,13?,16-,17+,18?,19?,20+,21+,22?/m0/s1. The number of allylic oxidation sites excluding steroid dienone is 1. The Bertz CT molecular complexity index is 621. The molecule has 0 aliphatic heterocycles. The van der Waals surface area contributed by atoms with Crippen LogP contribution in [0.2, 0.25) is 0 Å². The molecule has 2 nitrogen and oxygen atoms in total. The van der Waals surface area contributed by atoms with Crippen LogP contribution in [0.15, 0.2) is 11.6 Å². The quantitative estimate of drug-likeness (QED) is 0.782. The fourth-order valence-corrected chi connectivity index (χ4v) is 8.85. The molecule has 0 amide bonds. The lowest BCUT2D eigenvalue weighted by Crippen LogP contribution is -2.52. The first-order valence-corrected chi connectivity index (χ1v) is 10.3. The van der Waals surface area contributed by atoms with Gasteiger partial charge in [-0.2, -0.15) is 0 Å². The molecule has 5 unspecified atom stereocenters. The number of fused-ring (bicyclic) bond motifs is 3. The van der Waals surface area contributed by atoms with Gasteiger partial charge in [-0.25, -0.2) is 0 Å². The van der Waals surface area contributed by atoms with Gasteiger partial charge in [-0.1, -0.05) is 26.3 Å². The van der Waals surface area contributed by atoms with Crippen LogP contribution in [0.25, 0.3) is 0 Å². The van der Waals surface area contributed by atoms with Crippen LogP contribution < -0.4 is 0 Å². The summed E-state index contributed by atoms with van der Waals surface area (Å²) in [4.78, 5) is 11.9. The van der Waals surface area contributed by atoms with Gasteiger partial charge >= 0.3 is 0 Å². The van der Waals surface area contributed by atoms with Crippen LogP contribution in [-0.2, 0) is 4.79 Å². The van der Waals surface area contributed by atoms with Crippen LogP contribution in [0.3, 0.4) is 0 Å². The normalized spacial score (nSPS) is 58.2. The summed E-state index contributed by atoms with van der Waals surface area (Å²) in [6, 6.07) is 0. The molecule has 4 fully saturated rings. The van der Waals surface area contributed by atoms with Crippen molar-refractivity contribution in [2.24, 2.45) is 52.3 Å². The zero-order valence-corrected chi connectivity index (χ0v) is 15.4. The summed E-state index contributed by atoms with van der Waals surface area (Å²) in [5, 5.41) is 10.1. The maximum absolute atomic E-state index is 11.9. The average Bonchev–Trinajstić information content (AvgIpc) is 3.23. The minimum absolute atomic E-state index is 0.354. The highest BCUT2D eigenvalue weighted by Crippen LogP contribution is 2.84. The third-order valence-corrected chi connectivity index (χ3v) is 9.67. The van der Waals surface area contributed by atoms with Crippen molar-refractivity contribution >= 4 is 5.78 Å². The van der Waals surface area contributed by atoms with Crippen LogP contribution >= 0.6 is 0 Å². The molecule has 1 N–H and O–H groups in total. The fourth-order valence-electron chi connectivity index (χ4n) is 8.85. The Morgan fingerprint density at radius 1 is 1.29 bits per heavy atom. The average molecular weight is 328 g/mol. The van der Waals surface area contributed by atoms with Crippen LogP contribution in [0.5, 0.6) is 0 Å². The molecule has 0 aromatic heterocycles. The molecular weight excluding hydrogens is 296 g/mol. The molecule has 1 spiro atoms. The Morgan fingerprint density at radius 3 is 2.83 bits per heavy atom. The molecule has 24 heavy (non-hydrogen) atoms. The van der Waals surface area contributed by atoms with E-state index >= 15 is 0 Å². The molecule has 4 saturated carbocycles. The summed E-state index contributed by atoms with van der Waals surface area (Å²) >= 11 is 0. The summed E-state index contributed by atoms with van der Waals surface area (Å²) in [6.07, 6.45) is 9.08. The Balaban J connectivity index is 1.56. The van der Waals surface area contributed by atoms with Crippen molar-refractivity contribution in [3.63, 3.8) is 0 Å². The first kappa shape index (κ1) is 15.6. The Kier molecular flexibility index (Phi) is 3.09. The van der Waals surface area contributed by atoms with Crippen molar-refractivity contribution in [3.05, 3.63) is 11.6 Å². The van der Waals surface area contributed by atoms with Crippen molar-refractivity contribution in [1.29, 1.82) is 0 Å². The summed E-state index contributed by atoms with van der Waals surface area (Å²) in [5.74, 6) is 5.44. The van der Waals surface area contributed by atoms with E-state index in [4.69, 9.17) is 0 Å². The van der Waals surface area contributed by atoms with Gasteiger partial charge in [-0.05, 0) is 90.4 Å². The molecule has 132 valence electrons. The van der Waals surface area contributed by atoms with Gasteiger partial charge in [0.1, 0.15) is 0 Å². The van der Waals surface area contributed by atoms with E-state index < -0.39 is 0 Å². The van der Waals surface area contributed by atoms with Gasteiger partial charge in [-0.15, -0.1) is 0 Å². The molecule has 0 saturated heterocycles.